The Hall–Kier alpha value is -0.870. The first-order valence-corrected chi connectivity index (χ1v) is 5.82. The second-order valence-electron chi connectivity index (χ2n) is 3.33. The van der Waals surface area contributed by atoms with Crippen molar-refractivity contribution < 1.29 is 14.3 Å². The number of nitrogens with one attached hydrogen (secondary N) is 1. The molecule has 0 aliphatic rings. The van der Waals surface area contributed by atoms with Crippen molar-refractivity contribution in [2.24, 2.45) is 0 Å². The van der Waals surface area contributed by atoms with Gasteiger partial charge in [-0.15, -0.1) is 0 Å². The van der Waals surface area contributed by atoms with Gasteiger partial charge in [-0.25, -0.2) is 4.79 Å². The minimum absolute atomic E-state index is 0.237. The number of ether oxygens (including phenoxy) is 2. The molecule has 0 radical (unpaired) electrons. The molecule has 94 valence electrons. The average molecular weight is 229 g/mol. The first-order chi connectivity index (χ1) is 7.76. The molecule has 16 heavy (non-hydrogen) atoms. The van der Waals surface area contributed by atoms with Crippen molar-refractivity contribution in [2.75, 3.05) is 33.4 Å². The highest BCUT2D eigenvalue weighted by atomic mass is 16.5. The summed E-state index contributed by atoms with van der Waals surface area (Å²) in [6, 6.07) is 0. The van der Waals surface area contributed by atoms with Crippen LogP contribution in [0.1, 0.15) is 26.7 Å². The smallest absolute Gasteiger partial charge is 0.333 e. The van der Waals surface area contributed by atoms with Crippen LogP contribution < -0.4 is 5.32 Å². The molecule has 4 heteroatoms. The second kappa shape index (κ2) is 10.6. The second-order valence-corrected chi connectivity index (χ2v) is 3.33. The zero-order chi connectivity index (χ0) is 12.2. The monoisotopic (exact) mass is 229 g/mol. The number of hydrogen-bond acceptors (Lipinski definition) is 4. The van der Waals surface area contributed by atoms with Gasteiger partial charge >= 0.3 is 5.97 Å². The van der Waals surface area contributed by atoms with Crippen molar-refractivity contribution in [3.05, 3.63) is 11.6 Å². The number of hydrogen-bond donors (Lipinski definition) is 1. The molecule has 0 aliphatic carbocycles. The third kappa shape index (κ3) is 7.43. The molecule has 0 aliphatic heterocycles. The maximum absolute atomic E-state index is 11.2. The molecule has 0 bridgehead atoms. The number of carbonyl (C=O) groups is 1. The van der Waals surface area contributed by atoms with E-state index in [0.717, 1.165) is 31.8 Å². The SMILES string of the molecule is CCOCCCNC/C=C(/CC)C(=O)OC. The van der Waals surface area contributed by atoms with Crippen molar-refractivity contribution in [3.63, 3.8) is 0 Å². The summed E-state index contributed by atoms with van der Waals surface area (Å²) in [5.41, 5.74) is 0.722. The summed E-state index contributed by atoms with van der Waals surface area (Å²) in [6.45, 7) is 7.07. The van der Waals surface area contributed by atoms with Crippen LogP contribution in [0.4, 0.5) is 0 Å². The minimum Gasteiger partial charge on any atom is -0.466 e. The number of carbonyl (C=O) groups excluding carboxylic acids is 1. The van der Waals surface area contributed by atoms with Gasteiger partial charge in [-0.3, -0.25) is 0 Å². The molecule has 0 spiro atoms. The Kier molecular flexibility index (Phi) is 10.1. The molecule has 0 atom stereocenters. The van der Waals surface area contributed by atoms with E-state index < -0.39 is 0 Å². The van der Waals surface area contributed by atoms with Gasteiger partial charge in [0.25, 0.3) is 0 Å². The van der Waals surface area contributed by atoms with Crippen molar-refractivity contribution in [1.82, 2.24) is 5.32 Å². The Labute approximate surface area is 98.0 Å². The van der Waals surface area contributed by atoms with Crippen LogP contribution in [-0.4, -0.2) is 39.4 Å². The normalized spacial score (nSPS) is 11.6. The van der Waals surface area contributed by atoms with Gasteiger partial charge in [-0.05, 0) is 26.3 Å². The largest absolute Gasteiger partial charge is 0.466 e. The van der Waals surface area contributed by atoms with Crippen LogP contribution in [0.2, 0.25) is 0 Å². The predicted octanol–water partition coefficient (Wildman–Crippen LogP) is 1.51. The molecule has 0 aromatic heterocycles. The molecule has 0 amide bonds. The first-order valence-electron chi connectivity index (χ1n) is 5.82. The molecular weight excluding hydrogens is 206 g/mol. The van der Waals surface area contributed by atoms with Crippen molar-refractivity contribution in [2.45, 2.75) is 26.7 Å². The number of methoxy groups -OCH3 is 1. The lowest BCUT2D eigenvalue weighted by Crippen LogP contribution is -2.18. The van der Waals surface area contributed by atoms with Crippen LogP contribution in [-0.2, 0) is 14.3 Å². The van der Waals surface area contributed by atoms with Crippen molar-refractivity contribution >= 4 is 5.97 Å². The summed E-state index contributed by atoms with van der Waals surface area (Å²) < 4.78 is 9.87. The Morgan fingerprint density at radius 1 is 1.38 bits per heavy atom. The van der Waals surface area contributed by atoms with Gasteiger partial charge < -0.3 is 14.8 Å². The predicted molar refractivity (Wildman–Crippen MR) is 64.4 cm³/mol. The Morgan fingerprint density at radius 3 is 2.69 bits per heavy atom. The fourth-order valence-electron chi connectivity index (χ4n) is 1.24. The lowest BCUT2D eigenvalue weighted by Gasteiger charge is -2.04. The van der Waals surface area contributed by atoms with E-state index in [1.807, 2.05) is 19.9 Å². The fourth-order valence-corrected chi connectivity index (χ4v) is 1.24. The Morgan fingerprint density at radius 2 is 2.12 bits per heavy atom. The van der Waals surface area contributed by atoms with Gasteiger partial charge in [0.05, 0.1) is 7.11 Å². The summed E-state index contributed by atoms with van der Waals surface area (Å²) in [5.74, 6) is -0.237. The van der Waals surface area contributed by atoms with Gasteiger partial charge in [0, 0.05) is 25.3 Å². The highest BCUT2D eigenvalue weighted by molar-refractivity contribution is 5.88. The molecule has 0 aromatic rings. The quantitative estimate of drug-likeness (QED) is 0.370. The molecular formula is C12H23NO3. The molecule has 0 rings (SSSR count). The summed E-state index contributed by atoms with van der Waals surface area (Å²) in [5, 5.41) is 3.22. The van der Waals surface area contributed by atoms with Crippen LogP contribution in [0.3, 0.4) is 0 Å². The highest BCUT2D eigenvalue weighted by Crippen LogP contribution is 2.01. The average Bonchev–Trinajstić information content (AvgIpc) is 2.32. The minimum atomic E-state index is -0.237. The van der Waals surface area contributed by atoms with Crippen LogP contribution in [0, 0.1) is 0 Å². The third-order valence-corrected chi connectivity index (χ3v) is 2.17. The Balaban J connectivity index is 3.60. The maximum Gasteiger partial charge on any atom is 0.333 e. The lowest BCUT2D eigenvalue weighted by atomic mass is 10.2. The van der Waals surface area contributed by atoms with Gasteiger partial charge in [-0.2, -0.15) is 0 Å². The van der Waals surface area contributed by atoms with Gasteiger partial charge in [0.2, 0.25) is 0 Å². The molecule has 0 aromatic carbocycles. The number of rotatable bonds is 9. The van der Waals surface area contributed by atoms with E-state index in [0.29, 0.717) is 13.0 Å². The topological polar surface area (TPSA) is 47.6 Å². The molecule has 0 unspecified atom stereocenters. The van der Waals surface area contributed by atoms with Crippen LogP contribution in [0.25, 0.3) is 0 Å². The van der Waals surface area contributed by atoms with Gasteiger partial charge in [-0.1, -0.05) is 13.0 Å². The zero-order valence-corrected chi connectivity index (χ0v) is 10.5. The highest BCUT2D eigenvalue weighted by Gasteiger charge is 2.05. The van der Waals surface area contributed by atoms with Crippen molar-refractivity contribution in [1.29, 1.82) is 0 Å². The van der Waals surface area contributed by atoms with Crippen LogP contribution in [0.5, 0.6) is 0 Å². The van der Waals surface area contributed by atoms with Crippen molar-refractivity contribution in [3.8, 4) is 0 Å². The molecule has 0 heterocycles. The van der Waals surface area contributed by atoms with E-state index in [9.17, 15) is 4.79 Å². The van der Waals surface area contributed by atoms with Gasteiger partial charge in [0.15, 0.2) is 0 Å². The summed E-state index contributed by atoms with van der Waals surface area (Å²) in [7, 11) is 1.40. The van der Waals surface area contributed by atoms with Gasteiger partial charge in [0.1, 0.15) is 0 Å². The van der Waals surface area contributed by atoms with E-state index in [-0.39, 0.29) is 5.97 Å². The van der Waals surface area contributed by atoms with E-state index in [1.165, 1.54) is 7.11 Å². The summed E-state index contributed by atoms with van der Waals surface area (Å²) in [6.07, 6.45) is 3.57. The van der Waals surface area contributed by atoms with E-state index in [4.69, 9.17) is 4.74 Å². The first kappa shape index (κ1) is 15.1. The standard InChI is InChI=1S/C12H23NO3/c1-4-11(12(14)15-3)7-9-13-8-6-10-16-5-2/h7,13H,4-6,8-10H2,1-3H3/b11-7-. The lowest BCUT2D eigenvalue weighted by molar-refractivity contribution is -0.136. The zero-order valence-electron chi connectivity index (χ0n) is 10.5. The fraction of sp³-hybridized carbons (Fsp3) is 0.750. The molecule has 0 saturated heterocycles. The molecule has 4 nitrogen and oxygen atoms in total. The summed E-state index contributed by atoms with van der Waals surface area (Å²) >= 11 is 0. The molecule has 1 N–H and O–H groups in total. The molecule has 0 saturated carbocycles. The van der Waals surface area contributed by atoms with E-state index in [2.05, 4.69) is 10.1 Å². The van der Waals surface area contributed by atoms with Crippen LogP contribution in [0.15, 0.2) is 11.6 Å². The third-order valence-electron chi connectivity index (χ3n) is 2.17. The van der Waals surface area contributed by atoms with E-state index in [1.54, 1.807) is 0 Å². The Bertz CT molecular complexity index is 214. The van der Waals surface area contributed by atoms with Crippen LogP contribution >= 0.6 is 0 Å². The molecule has 0 fully saturated rings. The number of esters is 1. The van der Waals surface area contributed by atoms with E-state index >= 15 is 0 Å². The summed E-state index contributed by atoms with van der Waals surface area (Å²) in [4.78, 5) is 11.2. The maximum atomic E-state index is 11.2.